The van der Waals surface area contributed by atoms with Gasteiger partial charge in [-0.3, -0.25) is 0 Å². The molecule has 5 nitrogen and oxygen atoms in total. The van der Waals surface area contributed by atoms with Gasteiger partial charge < -0.3 is 10.1 Å². The van der Waals surface area contributed by atoms with Gasteiger partial charge in [-0.15, -0.1) is 0 Å². The lowest BCUT2D eigenvalue weighted by atomic mass is 10.2. The van der Waals surface area contributed by atoms with Crippen LogP contribution in [0.1, 0.15) is 36.5 Å². The Kier molecular flexibility index (Phi) is 4.08. The third-order valence-corrected chi connectivity index (χ3v) is 3.85. The maximum absolute atomic E-state index is 5.38. The average Bonchev–Trinajstić information content (AvgIpc) is 2.75. The van der Waals surface area contributed by atoms with E-state index >= 15 is 0 Å². The van der Waals surface area contributed by atoms with Crippen molar-refractivity contribution in [3.05, 3.63) is 35.4 Å². The molecular formula is C16H22N4O. The van der Waals surface area contributed by atoms with Crippen molar-refractivity contribution in [2.45, 2.75) is 45.7 Å². The molecule has 0 unspecified atom stereocenters. The monoisotopic (exact) mass is 286 g/mol. The Morgan fingerprint density at radius 2 is 2.19 bits per heavy atom. The van der Waals surface area contributed by atoms with Crippen molar-refractivity contribution in [3.8, 4) is 5.75 Å². The highest BCUT2D eigenvalue weighted by molar-refractivity contribution is 5.57. The number of benzene rings is 1. The maximum Gasteiger partial charge on any atom is 0.169 e. The molecule has 0 saturated carbocycles. The van der Waals surface area contributed by atoms with Gasteiger partial charge in [-0.05, 0) is 37.5 Å². The van der Waals surface area contributed by atoms with E-state index in [1.807, 2.05) is 12.1 Å². The molecule has 0 spiro atoms. The van der Waals surface area contributed by atoms with Crippen molar-refractivity contribution in [2.24, 2.45) is 0 Å². The molecule has 0 amide bonds. The van der Waals surface area contributed by atoms with E-state index in [1.165, 1.54) is 24.8 Å². The molecular weight excluding hydrogens is 264 g/mol. The SMILES string of the molecule is COc1ccc(C)cc1NCc1nc2n(n1)CCCCC2. The minimum absolute atomic E-state index is 0.625. The number of hydrogen-bond acceptors (Lipinski definition) is 4. The lowest BCUT2D eigenvalue weighted by molar-refractivity contribution is 0.416. The molecule has 2 heterocycles. The summed E-state index contributed by atoms with van der Waals surface area (Å²) in [5.41, 5.74) is 2.19. The Morgan fingerprint density at radius 1 is 1.29 bits per heavy atom. The zero-order valence-electron chi connectivity index (χ0n) is 12.7. The molecule has 0 atom stereocenters. The number of aryl methyl sites for hydroxylation is 3. The number of fused-ring (bicyclic) bond motifs is 1. The molecule has 1 aromatic carbocycles. The van der Waals surface area contributed by atoms with Gasteiger partial charge in [0.2, 0.25) is 0 Å². The van der Waals surface area contributed by atoms with Gasteiger partial charge in [-0.1, -0.05) is 12.5 Å². The van der Waals surface area contributed by atoms with E-state index in [-0.39, 0.29) is 0 Å². The summed E-state index contributed by atoms with van der Waals surface area (Å²) in [5.74, 6) is 2.83. The molecule has 2 aromatic rings. The number of hydrogen-bond donors (Lipinski definition) is 1. The van der Waals surface area contributed by atoms with Crippen molar-refractivity contribution >= 4 is 5.69 Å². The predicted octanol–water partition coefficient (Wildman–Crippen LogP) is 2.93. The van der Waals surface area contributed by atoms with Crippen LogP contribution in [-0.2, 0) is 19.5 Å². The van der Waals surface area contributed by atoms with Crippen LogP contribution in [0.4, 0.5) is 5.69 Å². The van der Waals surface area contributed by atoms with Crippen LogP contribution in [-0.4, -0.2) is 21.9 Å². The molecule has 1 N–H and O–H groups in total. The fraction of sp³-hybridized carbons (Fsp3) is 0.500. The highest BCUT2D eigenvalue weighted by atomic mass is 16.5. The third kappa shape index (κ3) is 3.17. The number of nitrogens with one attached hydrogen (secondary N) is 1. The molecule has 3 rings (SSSR count). The van der Waals surface area contributed by atoms with Gasteiger partial charge in [-0.2, -0.15) is 5.10 Å². The van der Waals surface area contributed by atoms with Gasteiger partial charge in [-0.25, -0.2) is 9.67 Å². The van der Waals surface area contributed by atoms with Crippen LogP contribution in [0.3, 0.4) is 0 Å². The summed E-state index contributed by atoms with van der Waals surface area (Å²) in [5, 5.41) is 7.99. The summed E-state index contributed by atoms with van der Waals surface area (Å²) in [7, 11) is 1.69. The Balaban J connectivity index is 1.72. The summed E-state index contributed by atoms with van der Waals surface area (Å²) < 4.78 is 7.44. The maximum atomic E-state index is 5.38. The first-order valence-corrected chi connectivity index (χ1v) is 7.57. The number of anilines is 1. The molecule has 0 bridgehead atoms. The second-order valence-electron chi connectivity index (χ2n) is 5.54. The first-order chi connectivity index (χ1) is 10.3. The Labute approximate surface area is 125 Å². The molecule has 1 aliphatic rings. The summed E-state index contributed by atoms with van der Waals surface area (Å²) in [6.45, 7) is 3.69. The Hall–Kier alpha value is -2.04. The van der Waals surface area contributed by atoms with Crippen molar-refractivity contribution in [1.29, 1.82) is 0 Å². The molecule has 1 aromatic heterocycles. The number of aromatic nitrogens is 3. The first-order valence-electron chi connectivity index (χ1n) is 7.57. The molecule has 5 heteroatoms. The first kappa shape index (κ1) is 13.9. The molecule has 112 valence electrons. The van der Waals surface area contributed by atoms with Crippen molar-refractivity contribution in [1.82, 2.24) is 14.8 Å². The molecule has 0 fully saturated rings. The van der Waals surface area contributed by atoms with Crippen LogP contribution in [0.25, 0.3) is 0 Å². The second-order valence-corrected chi connectivity index (χ2v) is 5.54. The average molecular weight is 286 g/mol. The van der Waals surface area contributed by atoms with E-state index in [4.69, 9.17) is 4.74 Å². The van der Waals surface area contributed by atoms with Gasteiger partial charge in [0.15, 0.2) is 5.82 Å². The quantitative estimate of drug-likeness (QED) is 0.939. The molecule has 1 aliphatic heterocycles. The third-order valence-electron chi connectivity index (χ3n) is 3.85. The largest absolute Gasteiger partial charge is 0.495 e. The van der Waals surface area contributed by atoms with Crippen LogP contribution in [0.15, 0.2) is 18.2 Å². The fourth-order valence-corrected chi connectivity index (χ4v) is 2.72. The van der Waals surface area contributed by atoms with Crippen molar-refractivity contribution in [3.63, 3.8) is 0 Å². The van der Waals surface area contributed by atoms with Crippen molar-refractivity contribution < 1.29 is 4.74 Å². The Morgan fingerprint density at radius 3 is 3.05 bits per heavy atom. The summed E-state index contributed by atoms with van der Waals surface area (Å²) in [6, 6.07) is 6.11. The van der Waals surface area contributed by atoms with Gasteiger partial charge in [0.1, 0.15) is 11.6 Å². The molecule has 0 saturated heterocycles. The highest BCUT2D eigenvalue weighted by Crippen LogP contribution is 2.25. The zero-order valence-corrected chi connectivity index (χ0v) is 12.7. The summed E-state index contributed by atoms with van der Waals surface area (Å²) in [6.07, 6.45) is 4.74. The zero-order chi connectivity index (χ0) is 14.7. The fourth-order valence-electron chi connectivity index (χ4n) is 2.72. The van der Waals surface area contributed by atoms with Gasteiger partial charge in [0.05, 0.1) is 19.3 Å². The lowest BCUT2D eigenvalue weighted by Gasteiger charge is -2.10. The van der Waals surface area contributed by atoms with E-state index in [0.29, 0.717) is 6.54 Å². The summed E-state index contributed by atoms with van der Waals surface area (Å²) >= 11 is 0. The van der Waals surface area contributed by atoms with Crippen LogP contribution < -0.4 is 10.1 Å². The van der Waals surface area contributed by atoms with Gasteiger partial charge >= 0.3 is 0 Å². The van der Waals surface area contributed by atoms with Crippen molar-refractivity contribution in [2.75, 3.05) is 12.4 Å². The normalized spacial score (nSPS) is 14.4. The van der Waals surface area contributed by atoms with E-state index in [1.54, 1.807) is 7.11 Å². The van der Waals surface area contributed by atoms with Crippen LogP contribution in [0.5, 0.6) is 5.75 Å². The molecule has 0 radical (unpaired) electrons. The number of rotatable bonds is 4. The van der Waals surface area contributed by atoms with Gasteiger partial charge in [0, 0.05) is 13.0 Å². The lowest BCUT2D eigenvalue weighted by Crippen LogP contribution is -2.05. The van der Waals surface area contributed by atoms with Gasteiger partial charge in [0.25, 0.3) is 0 Å². The smallest absolute Gasteiger partial charge is 0.169 e. The van der Waals surface area contributed by atoms with Crippen LogP contribution in [0.2, 0.25) is 0 Å². The van der Waals surface area contributed by atoms with Crippen LogP contribution >= 0.6 is 0 Å². The second kappa shape index (κ2) is 6.16. The van der Waals surface area contributed by atoms with E-state index in [0.717, 1.165) is 36.1 Å². The van der Waals surface area contributed by atoms with E-state index in [2.05, 4.69) is 33.1 Å². The van der Waals surface area contributed by atoms with E-state index in [9.17, 15) is 0 Å². The summed E-state index contributed by atoms with van der Waals surface area (Å²) in [4.78, 5) is 4.65. The predicted molar refractivity (Wildman–Crippen MR) is 82.6 cm³/mol. The Bertz CT molecular complexity index is 597. The van der Waals surface area contributed by atoms with E-state index < -0.39 is 0 Å². The minimum atomic E-state index is 0.625. The minimum Gasteiger partial charge on any atom is -0.495 e. The molecule has 0 aliphatic carbocycles. The standard InChI is InChI=1S/C16H22N4O/c1-12-7-8-14(21-2)13(10-12)17-11-15-18-16-6-4-3-5-9-20(16)19-15/h7-8,10,17H,3-6,9,11H2,1-2H3. The topological polar surface area (TPSA) is 52.0 Å². The highest BCUT2D eigenvalue weighted by Gasteiger charge is 2.13. The number of methoxy groups -OCH3 is 1. The molecule has 21 heavy (non-hydrogen) atoms. The van der Waals surface area contributed by atoms with Crippen LogP contribution in [0, 0.1) is 6.92 Å². The number of ether oxygens (including phenoxy) is 1. The number of nitrogens with zero attached hydrogens (tertiary/aromatic N) is 3.